The van der Waals surface area contributed by atoms with Gasteiger partial charge >= 0.3 is 0 Å². The van der Waals surface area contributed by atoms with E-state index in [2.05, 4.69) is 17.2 Å². The quantitative estimate of drug-likeness (QED) is 0.891. The maximum atomic E-state index is 12.4. The first-order valence-electron chi connectivity index (χ1n) is 7.04. The molecule has 1 aliphatic rings. The van der Waals surface area contributed by atoms with Gasteiger partial charge < -0.3 is 11.1 Å². The Bertz CT molecular complexity index is 644. The molecule has 4 nitrogen and oxygen atoms in total. The van der Waals surface area contributed by atoms with Crippen LogP contribution in [0.1, 0.15) is 49.4 Å². The van der Waals surface area contributed by atoms with Crippen LogP contribution in [0, 0.1) is 0 Å². The van der Waals surface area contributed by atoms with Crippen molar-refractivity contribution in [3.05, 3.63) is 23.8 Å². The van der Waals surface area contributed by atoms with Crippen molar-refractivity contribution in [1.82, 2.24) is 10.3 Å². The fourth-order valence-corrected chi connectivity index (χ4v) is 3.66. The molecule has 20 heavy (non-hydrogen) atoms. The number of hydrogen-bond acceptors (Lipinski definition) is 4. The number of carbonyl (C=O) groups is 1. The van der Waals surface area contributed by atoms with E-state index in [1.165, 1.54) is 30.6 Å². The second kappa shape index (κ2) is 5.05. The lowest BCUT2D eigenvalue weighted by atomic mass is 9.83. The zero-order valence-corrected chi connectivity index (χ0v) is 12.4. The van der Waals surface area contributed by atoms with Crippen molar-refractivity contribution in [2.75, 3.05) is 5.73 Å². The Hall–Kier alpha value is -1.62. The summed E-state index contributed by atoms with van der Waals surface area (Å²) in [7, 11) is 0. The first-order valence-corrected chi connectivity index (χ1v) is 7.86. The van der Waals surface area contributed by atoms with Gasteiger partial charge in [-0.05, 0) is 38.0 Å². The van der Waals surface area contributed by atoms with Gasteiger partial charge in [0, 0.05) is 11.1 Å². The Morgan fingerprint density at radius 1 is 1.35 bits per heavy atom. The summed E-state index contributed by atoms with van der Waals surface area (Å²) in [4.78, 5) is 16.6. The minimum absolute atomic E-state index is 0.00303. The molecule has 0 unspecified atom stereocenters. The lowest BCUT2D eigenvalue weighted by Crippen LogP contribution is -2.47. The molecule has 0 radical (unpaired) electrons. The van der Waals surface area contributed by atoms with Crippen LogP contribution in [-0.4, -0.2) is 16.4 Å². The Morgan fingerprint density at radius 3 is 2.85 bits per heavy atom. The maximum Gasteiger partial charge on any atom is 0.251 e. The van der Waals surface area contributed by atoms with Gasteiger partial charge in [0.15, 0.2) is 5.13 Å². The number of amides is 1. The molecular weight excluding hydrogens is 270 g/mol. The number of anilines is 1. The molecule has 3 rings (SSSR count). The van der Waals surface area contributed by atoms with Gasteiger partial charge in [-0.3, -0.25) is 4.79 Å². The van der Waals surface area contributed by atoms with Gasteiger partial charge in [-0.25, -0.2) is 4.98 Å². The second-order valence-corrected chi connectivity index (χ2v) is 6.87. The number of fused-ring (bicyclic) bond motifs is 1. The third kappa shape index (κ3) is 2.63. The standard InChI is InChI=1S/C15H19N3OS/c1-15(7-3-2-4-8-15)18-13(19)10-5-6-11-12(9-10)20-14(16)17-11/h5-6,9H,2-4,7-8H2,1H3,(H2,16,17)(H,18,19). The number of nitrogens with two attached hydrogens (primary N) is 1. The van der Waals surface area contributed by atoms with E-state index in [1.807, 2.05) is 18.2 Å². The molecule has 1 aromatic carbocycles. The number of nitrogens with one attached hydrogen (secondary N) is 1. The normalized spacial score (nSPS) is 18.1. The molecule has 0 bridgehead atoms. The summed E-state index contributed by atoms with van der Waals surface area (Å²) in [6.07, 6.45) is 5.79. The first kappa shape index (κ1) is 13.4. The van der Waals surface area contributed by atoms with Gasteiger partial charge in [-0.2, -0.15) is 0 Å². The topological polar surface area (TPSA) is 68.0 Å². The van der Waals surface area contributed by atoms with Gasteiger partial charge in [0.05, 0.1) is 10.2 Å². The summed E-state index contributed by atoms with van der Waals surface area (Å²) in [5.41, 5.74) is 7.18. The number of benzene rings is 1. The van der Waals surface area contributed by atoms with Crippen LogP contribution in [0.3, 0.4) is 0 Å². The van der Waals surface area contributed by atoms with E-state index in [1.54, 1.807) is 0 Å². The summed E-state index contributed by atoms with van der Waals surface area (Å²) < 4.78 is 0.962. The van der Waals surface area contributed by atoms with Gasteiger partial charge in [0.1, 0.15) is 0 Å². The van der Waals surface area contributed by atoms with Crippen LogP contribution in [0.2, 0.25) is 0 Å². The number of hydrogen-bond donors (Lipinski definition) is 2. The summed E-state index contributed by atoms with van der Waals surface area (Å²) in [6, 6.07) is 5.56. The molecule has 1 heterocycles. The minimum Gasteiger partial charge on any atom is -0.375 e. The van der Waals surface area contributed by atoms with E-state index in [9.17, 15) is 4.79 Å². The molecule has 0 atom stereocenters. The first-order chi connectivity index (χ1) is 9.56. The van der Waals surface area contributed by atoms with Crippen molar-refractivity contribution in [3.8, 4) is 0 Å². The van der Waals surface area contributed by atoms with E-state index in [0.29, 0.717) is 10.7 Å². The van der Waals surface area contributed by atoms with Gasteiger partial charge in [-0.1, -0.05) is 30.6 Å². The summed E-state index contributed by atoms with van der Waals surface area (Å²) in [6.45, 7) is 2.15. The average molecular weight is 289 g/mol. The van der Waals surface area contributed by atoms with Crippen LogP contribution in [0.25, 0.3) is 10.2 Å². The van der Waals surface area contributed by atoms with E-state index in [0.717, 1.165) is 23.1 Å². The lowest BCUT2D eigenvalue weighted by Gasteiger charge is -2.34. The van der Waals surface area contributed by atoms with Crippen LogP contribution < -0.4 is 11.1 Å². The number of nitrogen functional groups attached to an aromatic ring is 1. The zero-order valence-electron chi connectivity index (χ0n) is 11.6. The van der Waals surface area contributed by atoms with Gasteiger partial charge in [0.2, 0.25) is 0 Å². The molecular formula is C15H19N3OS. The number of thiazole rings is 1. The Balaban J connectivity index is 1.81. The van der Waals surface area contributed by atoms with Crippen molar-refractivity contribution in [2.45, 2.75) is 44.6 Å². The van der Waals surface area contributed by atoms with Crippen LogP contribution in [0.4, 0.5) is 5.13 Å². The molecule has 0 saturated heterocycles. The molecule has 1 fully saturated rings. The summed E-state index contributed by atoms with van der Waals surface area (Å²) >= 11 is 1.42. The largest absolute Gasteiger partial charge is 0.375 e. The molecule has 5 heteroatoms. The third-order valence-electron chi connectivity index (χ3n) is 4.04. The monoisotopic (exact) mass is 289 g/mol. The van der Waals surface area contributed by atoms with Crippen molar-refractivity contribution < 1.29 is 4.79 Å². The summed E-state index contributed by atoms with van der Waals surface area (Å²) in [5.74, 6) is 0.00303. The van der Waals surface area contributed by atoms with E-state index < -0.39 is 0 Å². The highest BCUT2D eigenvalue weighted by atomic mass is 32.1. The van der Waals surface area contributed by atoms with Gasteiger partial charge in [-0.15, -0.1) is 0 Å². The van der Waals surface area contributed by atoms with Crippen molar-refractivity contribution in [2.24, 2.45) is 0 Å². The second-order valence-electron chi connectivity index (χ2n) is 5.81. The third-order valence-corrected chi connectivity index (χ3v) is 4.89. The SMILES string of the molecule is CC1(NC(=O)c2ccc3nc(N)sc3c2)CCCCC1. The molecule has 0 aliphatic heterocycles. The van der Waals surface area contributed by atoms with Crippen molar-refractivity contribution >= 4 is 32.6 Å². The molecule has 1 aliphatic carbocycles. The fourth-order valence-electron chi connectivity index (χ4n) is 2.89. The van der Waals surface area contributed by atoms with Crippen molar-refractivity contribution in [1.29, 1.82) is 0 Å². The highest BCUT2D eigenvalue weighted by Crippen LogP contribution is 2.29. The summed E-state index contributed by atoms with van der Waals surface area (Å²) in [5, 5.41) is 3.74. The maximum absolute atomic E-state index is 12.4. The van der Waals surface area contributed by atoms with Crippen LogP contribution in [0.5, 0.6) is 0 Å². The Morgan fingerprint density at radius 2 is 2.10 bits per heavy atom. The predicted molar refractivity (Wildman–Crippen MR) is 83.0 cm³/mol. The fraction of sp³-hybridized carbons (Fsp3) is 0.467. The number of carbonyl (C=O) groups excluding carboxylic acids is 1. The number of nitrogens with zero attached hydrogens (tertiary/aromatic N) is 1. The molecule has 1 saturated carbocycles. The Labute approximate surface area is 122 Å². The van der Waals surface area contributed by atoms with E-state index in [-0.39, 0.29) is 11.4 Å². The Kier molecular flexibility index (Phi) is 3.38. The molecule has 1 amide bonds. The van der Waals surface area contributed by atoms with E-state index >= 15 is 0 Å². The molecule has 2 aromatic rings. The van der Waals surface area contributed by atoms with Crippen LogP contribution >= 0.6 is 11.3 Å². The highest BCUT2D eigenvalue weighted by molar-refractivity contribution is 7.22. The highest BCUT2D eigenvalue weighted by Gasteiger charge is 2.28. The lowest BCUT2D eigenvalue weighted by molar-refractivity contribution is 0.0883. The van der Waals surface area contributed by atoms with Crippen LogP contribution in [-0.2, 0) is 0 Å². The average Bonchev–Trinajstić information content (AvgIpc) is 2.78. The number of aromatic nitrogens is 1. The smallest absolute Gasteiger partial charge is 0.251 e. The number of rotatable bonds is 2. The molecule has 3 N–H and O–H groups in total. The minimum atomic E-state index is -0.0585. The van der Waals surface area contributed by atoms with Gasteiger partial charge in [0.25, 0.3) is 5.91 Å². The molecule has 106 valence electrons. The van der Waals surface area contributed by atoms with Crippen LogP contribution in [0.15, 0.2) is 18.2 Å². The molecule has 0 spiro atoms. The molecule has 1 aromatic heterocycles. The van der Waals surface area contributed by atoms with E-state index in [4.69, 9.17) is 5.73 Å². The predicted octanol–water partition coefficient (Wildman–Crippen LogP) is 3.33. The van der Waals surface area contributed by atoms with Crippen molar-refractivity contribution in [3.63, 3.8) is 0 Å². The zero-order chi connectivity index (χ0) is 14.2.